The van der Waals surface area contributed by atoms with E-state index in [4.69, 9.17) is 58.0 Å². The zero-order valence-corrected chi connectivity index (χ0v) is 18.5. The summed E-state index contributed by atoms with van der Waals surface area (Å²) < 4.78 is 0. The SMILES string of the molecule is C1CCNC1.Clc1cc(Cl)nc(Cl)c1.Clc1cc(N2CCCC2)cc(Cl)n1. The van der Waals surface area contributed by atoms with Crippen LogP contribution >= 0.6 is 58.0 Å². The lowest BCUT2D eigenvalue weighted by Crippen LogP contribution is -2.17. The zero-order chi connectivity index (χ0) is 19.6. The van der Waals surface area contributed by atoms with Gasteiger partial charge in [-0.15, -0.1) is 0 Å². The van der Waals surface area contributed by atoms with E-state index in [0.29, 0.717) is 25.6 Å². The van der Waals surface area contributed by atoms with E-state index in [1.807, 2.05) is 12.1 Å². The molecular weight excluding hydrogens is 449 g/mol. The summed E-state index contributed by atoms with van der Waals surface area (Å²) in [6.45, 7) is 4.69. The van der Waals surface area contributed by atoms with Crippen LogP contribution in [0.15, 0.2) is 24.3 Å². The van der Waals surface area contributed by atoms with Crippen LogP contribution in [-0.2, 0) is 0 Å². The number of halogens is 5. The molecule has 0 aliphatic carbocycles. The fraction of sp³-hybridized carbons (Fsp3) is 0.444. The van der Waals surface area contributed by atoms with Crippen molar-refractivity contribution in [3.63, 3.8) is 0 Å². The van der Waals surface area contributed by atoms with E-state index in [2.05, 4.69) is 20.2 Å². The molecule has 0 bridgehead atoms. The van der Waals surface area contributed by atoms with Gasteiger partial charge >= 0.3 is 0 Å². The second kappa shape index (κ2) is 12.2. The predicted molar refractivity (Wildman–Crippen MR) is 117 cm³/mol. The molecule has 2 aliphatic heterocycles. The minimum absolute atomic E-state index is 0.313. The molecule has 4 heterocycles. The van der Waals surface area contributed by atoms with E-state index in [-0.39, 0.29) is 0 Å². The van der Waals surface area contributed by atoms with Crippen molar-refractivity contribution in [3.8, 4) is 0 Å². The molecule has 4 nitrogen and oxygen atoms in total. The van der Waals surface area contributed by atoms with Gasteiger partial charge in [0.05, 0.1) is 0 Å². The van der Waals surface area contributed by atoms with Gasteiger partial charge in [-0.2, -0.15) is 0 Å². The minimum Gasteiger partial charge on any atom is -0.371 e. The molecule has 148 valence electrons. The number of hydrogen-bond donors (Lipinski definition) is 1. The van der Waals surface area contributed by atoms with Gasteiger partial charge in [0.25, 0.3) is 0 Å². The van der Waals surface area contributed by atoms with Gasteiger partial charge in [0.2, 0.25) is 0 Å². The Morgan fingerprint density at radius 3 is 1.48 bits per heavy atom. The molecule has 1 N–H and O–H groups in total. The lowest BCUT2D eigenvalue weighted by molar-refractivity contribution is 0.857. The first-order valence-electron chi connectivity index (χ1n) is 8.71. The molecule has 0 spiro atoms. The quantitative estimate of drug-likeness (QED) is 0.490. The largest absolute Gasteiger partial charge is 0.371 e. The highest BCUT2D eigenvalue weighted by molar-refractivity contribution is 6.36. The van der Waals surface area contributed by atoms with Crippen molar-refractivity contribution in [2.45, 2.75) is 25.7 Å². The van der Waals surface area contributed by atoms with Gasteiger partial charge in [-0.3, -0.25) is 0 Å². The van der Waals surface area contributed by atoms with Crippen molar-refractivity contribution in [1.82, 2.24) is 15.3 Å². The maximum absolute atomic E-state index is 5.81. The number of hydrogen-bond acceptors (Lipinski definition) is 4. The number of rotatable bonds is 1. The minimum atomic E-state index is 0.313. The molecule has 2 aromatic rings. The summed E-state index contributed by atoms with van der Waals surface area (Å²) in [4.78, 5) is 9.87. The van der Waals surface area contributed by atoms with Crippen molar-refractivity contribution in [1.29, 1.82) is 0 Å². The van der Waals surface area contributed by atoms with Gasteiger partial charge in [-0.1, -0.05) is 58.0 Å². The lowest BCUT2D eigenvalue weighted by atomic mass is 10.4. The molecule has 2 aromatic heterocycles. The molecule has 2 aliphatic rings. The van der Waals surface area contributed by atoms with Crippen molar-refractivity contribution in [3.05, 3.63) is 49.9 Å². The number of anilines is 1. The first-order valence-corrected chi connectivity index (χ1v) is 10.6. The van der Waals surface area contributed by atoms with Crippen molar-refractivity contribution >= 4 is 63.7 Å². The first-order chi connectivity index (χ1) is 12.9. The van der Waals surface area contributed by atoms with Crippen LogP contribution in [0.25, 0.3) is 0 Å². The fourth-order valence-electron chi connectivity index (χ4n) is 2.67. The Labute approximate surface area is 185 Å². The third-order valence-corrected chi connectivity index (χ3v) is 4.90. The van der Waals surface area contributed by atoms with Gasteiger partial charge < -0.3 is 10.2 Å². The van der Waals surface area contributed by atoms with Gasteiger partial charge in [0.1, 0.15) is 20.6 Å². The summed E-state index contributed by atoms with van der Waals surface area (Å²) >= 11 is 28.1. The van der Waals surface area contributed by atoms with E-state index >= 15 is 0 Å². The highest BCUT2D eigenvalue weighted by Crippen LogP contribution is 2.25. The third-order valence-electron chi connectivity index (χ3n) is 3.90. The standard InChI is InChI=1S/C9H10Cl2N2.C5H2Cl3N.C4H9N/c10-8-5-7(6-9(11)12-8)13-3-1-2-4-13;6-3-1-4(7)9-5(8)2-3;1-2-4-5-3-1/h5-6H,1-4H2;1-2H;5H,1-4H2. The average Bonchev–Trinajstić information content (AvgIpc) is 3.30. The molecule has 0 amide bonds. The van der Waals surface area contributed by atoms with Gasteiger partial charge in [-0.05, 0) is 63.0 Å². The topological polar surface area (TPSA) is 41.1 Å². The van der Waals surface area contributed by atoms with E-state index in [9.17, 15) is 0 Å². The summed E-state index contributed by atoms with van der Waals surface area (Å²) in [5, 5.41) is 5.28. The molecule has 2 saturated heterocycles. The van der Waals surface area contributed by atoms with Gasteiger partial charge in [0, 0.05) is 23.8 Å². The van der Waals surface area contributed by atoms with Crippen LogP contribution in [0.3, 0.4) is 0 Å². The zero-order valence-electron chi connectivity index (χ0n) is 14.7. The Balaban J connectivity index is 0.000000161. The molecule has 0 radical (unpaired) electrons. The normalized spacial score (nSPS) is 15.7. The van der Waals surface area contributed by atoms with Gasteiger partial charge in [0.15, 0.2) is 0 Å². The summed E-state index contributed by atoms with van der Waals surface area (Å²) in [5.74, 6) is 0. The predicted octanol–water partition coefficient (Wildman–Crippen LogP) is 6.40. The van der Waals surface area contributed by atoms with E-state index in [0.717, 1.165) is 18.8 Å². The van der Waals surface area contributed by atoms with Crippen LogP contribution in [0.4, 0.5) is 5.69 Å². The molecule has 2 fully saturated rings. The number of aromatic nitrogens is 2. The molecule has 27 heavy (non-hydrogen) atoms. The molecule has 4 rings (SSSR count). The van der Waals surface area contributed by atoms with E-state index in [1.54, 1.807) is 0 Å². The summed E-state index contributed by atoms with van der Waals surface area (Å²) in [6, 6.07) is 6.77. The Kier molecular flexibility index (Phi) is 10.3. The Hall–Kier alpha value is -0.490. The first kappa shape index (κ1) is 22.8. The van der Waals surface area contributed by atoms with Crippen molar-refractivity contribution in [2.24, 2.45) is 0 Å². The molecule has 9 heteroatoms. The van der Waals surface area contributed by atoms with E-state index < -0.39 is 0 Å². The van der Waals surface area contributed by atoms with Crippen LogP contribution in [0.5, 0.6) is 0 Å². The Morgan fingerprint density at radius 2 is 1.11 bits per heavy atom. The van der Waals surface area contributed by atoms with Crippen LogP contribution in [0.1, 0.15) is 25.7 Å². The molecule has 0 saturated carbocycles. The smallest absolute Gasteiger partial charge is 0.132 e. The summed E-state index contributed by atoms with van der Waals surface area (Å²) in [6.07, 6.45) is 5.27. The van der Waals surface area contributed by atoms with Gasteiger partial charge in [-0.25, -0.2) is 9.97 Å². The monoisotopic (exact) mass is 468 g/mol. The molecule has 0 unspecified atom stereocenters. The third kappa shape index (κ3) is 9.03. The van der Waals surface area contributed by atoms with Crippen molar-refractivity contribution in [2.75, 3.05) is 31.1 Å². The molecule has 0 aromatic carbocycles. The van der Waals surface area contributed by atoms with Crippen molar-refractivity contribution < 1.29 is 0 Å². The maximum Gasteiger partial charge on any atom is 0.132 e. The summed E-state index contributed by atoms with van der Waals surface area (Å²) in [5.41, 5.74) is 1.09. The highest BCUT2D eigenvalue weighted by atomic mass is 35.5. The number of nitrogens with zero attached hydrogens (tertiary/aromatic N) is 3. The maximum atomic E-state index is 5.81. The summed E-state index contributed by atoms with van der Waals surface area (Å²) in [7, 11) is 0. The fourth-order valence-corrected chi connectivity index (χ4v) is 3.90. The number of pyridine rings is 2. The van der Waals surface area contributed by atoms with Crippen LogP contribution in [0, 0.1) is 0 Å². The second-order valence-electron chi connectivity index (χ2n) is 6.05. The highest BCUT2D eigenvalue weighted by Gasteiger charge is 2.13. The van der Waals surface area contributed by atoms with E-state index in [1.165, 1.54) is 50.9 Å². The number of nitrogens with one attached hydrogen (secondary N) is 1. The lowest BCUT2D eigenvalue weighted by Gasteiger charge is -2.17. The molecule has 0 atom stereocenters. The van der Waals surface area contributed by atoms with Crippen LogP contribution in [-0.4, -0.2) is 36.1 Å². The van der Waals surface area contributed by atoms with Crippen LogP contribution < -0.4 is 10.2 Å². The Morgan fingerprint density at radius 1 is 0.667 bits per heavy atom. The second-order valence-corrected chi connectivity index (χ2v) is 8.04. The van der Waals surface area contributed by atoms with Crippen LogP contribution in [0.2, 0.25) is 25.6 Å². The molecular formula is C18H21Cl5N4. The average molecular weight is 471 g/mol. The Bertz CT molecular complexity index is 641.